The molecule has 2 aromatic carbocycles. The van der Waals surface area contributed by atoms with Crippen LogP contribution in [0.3, 0.4) is 0 Å². The number of carbonyl (C=O) groups excluding carboxylic acids is 1. The highest BCUT2D eigenvalue weighted by Gasteiger charge is 2.19. The van der Waals surface area contributed by atoms with E-state index in [0.717, 1.165) is 49.4 Å². The summed E-state index contributed by atoms with van der Waals surface area (Å²) >= 11 is 0. The highest BCUT2D eigenvalue weighted by Crippen LogP contribution is 2.29. The second-order valence-corrected chi connectivity index (χ2v) is 6.92. The van der Waals surface area contributed by atoms with Crippen LogP contribution in [0.15, 0.2) is 42.5 Å². The second-order valence-electron chi connectivity index (χ2n) is 6.92. The number of amides is 1. The van der Waals surface area contributed by atoms with Crippen molar-refractivity contribution in [1.82, 2.24) is 0 Å². The van der Waals surface area contributed by atoms with Gasteiger partial charge in [0.25, 0.3) is 0 Å². The van der Waals surface area contributed by atoms with Gasteiger partial charge in [0.2, 0.25) is 5.91 Å². The zero-order valence-corrected chi connectivity index (χ0v) is 16.3. The highest BCUT2D eigenvalue weighted by molar-refractivity contribution is 5.93. The van der Waals surface area contributed by atoms with Crippen LogP contribution in [0.25, 0.3) is 0 Å². The number of aliphatic hydroxyl groups excluding tert-OH is 1. The van der Waals surface area contributed by atoms with E-state index in [-0.39, 0.29) is 12.7 Å². The first-order valence-corrected chi connectivity index (χ1v) is 9.78. The van der Waals surface area contributed by atoms with Gasteiger partial charge in [-0.05, 0) is 61.2 Å². The molecule has 1 heterocycles. The molecule has 0 saturated carbocycles. The molecule has 28 heavy (non-hydrogen) atoms. The summed E-state index contributed by atoms with van der Waals surface area (Å²) in [6.45, 7) is 4.38. The number of aliphatic hydroxyl groups is 1. The number of benzene rings is 2. The van der Waals surface area contributed by atoms with E-state index in [0.29, 0.717) is 17.9 Å². The summed E-state index contributed by atoms with van der Waals surface area (Å²) in [5.41, 5.74) is 8.00. The third kappa shape index (κ3) is 5.03. The maximum Gasteiger partial charge on any atom is 0.248 e. The summed E-state index contributed by atoms with van der Waals surface area (Å²) in [4.78, 5) is 13.8. The fraction of sp³-hybridized carbons (Fsp3) is 0.409. The fourth-order valence-corrected chi connectivity index (χ4v) is 3.45. The normalized spacial score (nSPS) is 14.9. The molecule has 1 aliphatic heterocycles. The van der Waals surface area contributed by atoms with Gasteiger partial charge in [-0.25, -0.2) is 0 Å². The molecule has 0 spiro atoms. The Labute approximate surface area is 165 Å². The predicted octanol–water partition coefficient (Wildman–Crippen LogP) is 3.12. The average Bonchev–Trinajstić information content (AvgIpc) is 2.73. The van der Waals surface area contributed by atoms with Crippen LogP contribution in [0, 0.1) is 0 Å². The van der Waals surface area contributed by atoms with Crippen molar-refractivity contribution in [3.05, 3.63) is 53.6 Å². The SMILES string of the molecule is CCc1ccc(C(N)=O)cc1Oc1ccc(N2CCC(OCCO)CC2)cc1. The summed E-state index contributed by atoms with van der Waals surface area (Å²) in [5, 5.41) is 8.86. The van der Waals surface area contributed by atoms with Gasteiger partial charge in [-0.2, -0.15) is 0 Å². The van der Waals surface area contributed by atoms with Gasteiger partial charge in [0.05, 0.1) is 19.3 Å². The quantitative estimate of drug-likeness (QED) is 0.730. The maximum absolute atomic E-state index is 11.4. The Morgan fingerprint density at radius 3 is 2.50 bits per heavy atom. The van der Waals surface area contributed by atoms with E-state index in [1.165, 1.54) is 0 Å². The van der Waals surface area contributed by atoms with Crippen molar-refractivity contribution in [3.63, 3.8) is 0 Å². The van der Waals surface area contributed by atoms with Gasteiger partial charge in [-0.3, -0.25) is 4.79 Å². The summed E-state index contributed by atoms with van der Waals surface area (Å²) in [7, 11) is 0. The minimum absolute atomic E-state index is 0.0732. The fourth-order valence-electron chi connectivity index (χ4n) is 3.45. The molecule has 0 bridgehead atoms. The highest BCUT2D eigenvalue weighted by atomic mass is 16.5. The molecular formula is C22H28N2O4. The average molecular weight is 384 g/mol. The van der Waals surface area contributed by atoms with Crippen molar-refractivity contribution in [2.45, 2.75) is 32.3 Å². The number of piperidine rings is 1. The number of carbonyl (C=O) groups is 1. The molecular weight excluding hydrogens is 356 g/mol. The monoisotopic (exact) mass is 384 g/mol. The van der Waals surface area contributed by atoms with E-state index in [4.69, 9.17) is 20.3 Å². The molecule has 1 amide bonds. The molecule has 6 nitrogen and oxygen atoms in total. The van der Waals surface area contributed by atoms with Crippen LogP contribution in [0.4, 0.5) is 5.69 Å². The van der Waals surface area contributed by atoms with E-state index in [2.05, 4.69) is 4.90 Å². The first-order valence-electron chi connectivity index (χ1n) is 9.78. The predicted molar refractivity (Wildman–Crippen MR) is 109 cm³/mol. The number of anilines is 1. The van der Waals surface area contributed by atoms with Crippen LogP contribution in [0.5, 0.6) is 11.5 Å². The number of rotatable bonds is 8. The van der Waals surface area contributed by atoms with Crippen LogP contribution in [0.2, 0.25) is 0 Å². The lowest BCUT2D eigenvalue weighted by Crippen LogP contribution is -2.37. The standard InChI is InChI=1S/C22H28N2O4/c1-2-16-3-4-17(22(23)26)15-21(16)28-20-7-5-18(6-8-20)24-11-9-19(10-12-24)27-14-13-25/h3-8,15,19,25H,2,9-14H2,1H3,(H2,23,26). The number of primary amides is 1. The lowest BCUT2D eigenvalue weighted by molar-refractivity contribution is 0.0159. The maximum atomic E-state index is 11.4. The molecule has 150 valence electrons. The molecule has 0 aromatic heterocycles. The van der Waals surface area contributed by atoms with E-state index in [1.807, 2.05) is 37.3 Å². The van der Waals surface area contributed by atoms with Crippen LogP contribution < -0.4 is 15.4 Å². The number of hydrogen-bond acceptors (Lipinski definition) is 5. The molecule has 0 aliphatic carbocycles. The van der Waals surface area contributed by atoms with Gasteiger partial charge >= 0.3 is 0 Å². The summed E-state index contributed by atoms with van der Waals surface area (Å²) in [6.07, 6.45) is 2.95. The van der Waals surface area contributed by atoms with Gasteiger partial charge in [-0.15, -0.1) is 0 Å². The van der Waals surface area contributed by atoms with Crippen molar-refractivity contribution in [1.29, 1.82) is 0 Å². The number of nitrogens with two attached hydrogens (primary N) is 1. The van der Waals surface area contributed by atoms with Crippen LogP contribution in [-0.2, 0) is 11.2 Å². The van der Waals surface area contributed by atoms with Gasteiger partial charge in [0.15, 0.2) is 0 Å². The summed E-state index contributed by atoms with van der Waals surface area (Å²) < 4.78 is 11.6. The molecule has 3 N–H and O–H groups in total. The van der Waals surface area contributed by atoms with Crippen molar-refractivity contribution in [2.24, 2.45) is 5.73 Å². The van der Waals surface area contributed by atoms with Crippen molar-refractivity contribution >= 4 is 11.6 Å². The third-order valence-electron chi connectivity index (χ3n) is 5.05. The van der Waals surface area contributed by atoms with E-state index in [1.54, 1.807) is 12.1 Å². The second kappa shape index (κ2) is 9.57. The van der Waals surface area contributed by atoms with Crippen LogP contribution in [0.1, 0.15) is 35.7 Å². The number of aryl methyl sites for hydroxylation is 1. The van der Waals surface area contributed by atoms with E-state index < -0.39 is 5.91 Å². The van der Waals surface area contributed by atoms with E-state index >= 15 is 0 Å². The van der Waals surface area contributed by atoms with Crippen molar-refractivity contribution in [3.8, 4) is 11.5 Å². The lowest BCUT2D eigenvalue weighted by Gasteiger charge is -2.33. The lowest BCUT2D eigenvalue weighted by atomic mass is 10.1. The van der Waals surface area contributed by atoms with E-state index in [9.17, 15) is 4.79 Å². The molecule has 1 saturated heterocycles. The molecule has 0 radical (unpaired) electrons. The molecule has 0 atom stereocenters. The molecule has 3 rings (SSSR count). The van der Waals surface area contributed by atoms with Crippen LogP contribution >= 0.6 is 0 Å². The van der Waals surface area contributed by atoms with Gasteiger partial charge in [-0.1, -0.05) is 13.0 Å². The molecule has 2 aromatic rings. The smallest absolute Gasteiger partial charge is 0.248 e. The Balaban J connectivity index is 1.64. The first kappa shape index (κ1) is 20.2. The summed E-state index contributed by atoms with van der Waals surface area (Å²) in [6, 6.07) is 13.3. The summed E-state index contributed by atoms with van der Waals surface area (Å²) in [5.74, 6) is 0.920. The first-order chi connectivity index (χ1) is 13.6. The Morgan fingerprint density at radius 1 is 1.18 bits per heavy atom. The minimum Gasteiger partial charge on any atom is -0.457 e. The number of nitrogens with zero attached hydrogens (tertiary/aromatic N) is 1. The number of ether oxygens (including phenoxy) is 2. The Bertz CT molecular complexity index is 784. The largest absolute Gasteiger partial charge is 0.457 e. The zero-order chi connectivity index (χ0) is 19.9. The number of hydrogen-bond donors (Lipinski definition) is 2. The molecule has 1 fully saturated rings. The third-order valence-corrected chi connectivity index (χ3v) is 5.05. The van der Waals surface area contributed by atoms with Gasteiger partial charge in [0, 0.05) is 24.3 Å². The van der Waals surface area contributed by atoms with Gasteiger partial charge < -0.3 is 25.2 Å². The minimum atomic E-state index is -0.464. The van der Waals surface area contributed by atoms with Crippen molar-refractivity contribution in [2.75, 3.05) is 31.2 Å². The molecule has 1 aliphatic rings. The molecule has 6 heteroatoms. The topological polar surface area (TPSA) is 85.0 Å². The van der Waals surface area contributed by atoms with Gasteiger partial charge in [0.1, 0.15) is 11.5 Å². The van der Waals surface area contributed by atoms with Crippen LogP contribution in [-0.4, -0.2) is 43.4 Å². The Kier molecular flexibility index (Phi) is 6.90. The Morgan fingerprint density at radius 2 is 1.89 bits per heavy atom. The van der Waals surface area contributed by atoms with Crippen molar-refractivity contribution < 1.29 is 19.4 Å². The molecule has 0 unspecified atom stereocenters. The Hall–Kier alpha value is -2.57. The zero-order valence-electron chi connectivity index (χ0n) is 16.3.